The first kappa shape index (κ1) is 23.7. The number of benzene rings is 2. The minimum Gasteiger partial charge on any atom is -0.357 e. The zero-order valence-electron chi connectivity index (χ0n) is 21.9. The Morgan fingerprint density at radius 2 is 1.92 bits per heavy atom. The van der Waals surface area contributed by atoms with Crippen LogP contribution in [0.2, 0.25) is 0 Å². The highest BCUT2D eigenvalue weighted by Crippen LogP contribution is 2.43. The monoisotopic (exact) mass is 508 g/mol. The molecule has 0 spiro atoms. The van der Waals surface area contributed by atoms with Crippen LogP contribution >= 0.6 is 0 Å². The first-order valence-electron chi connectivity index (χ1n) is 14.3. The van der Waals surface area contributed by atoms with Crippen molar-refractivity contribution in [3.63, 3.8) is 0 Å². The minimum atomic E-state index is 0.0637. The number of hydrogen-bond acceptors (Lipinski definition) is 3. The van der Waals surface area contributed by atoms with Crippen LogP contribution in [0.1, 0.15) is 56.7 Å². The standard InChI is InChI=1S/C32H36N4O2/c37-31(14-9-23-6-2-1-3-7-23)36-28-11-13-30(36)26(19-28)21-34-16-15-25-18-24(10-12-29(25)34)27-20-33-35(22-27)32-8-4-5-17-38-32/h1-3,6-7,10,12,15-16,18,20,22,26,28,30,32H,4-5,8-9,11,13-14,17,19,21H2. The lowest BCUT2D eigenvalue weighted by Crippen LogP contribution is -2.37. The average molecular weight is 509 g/mol. The van der Waals surface area contributed by atoms with Crippen LogP contribution in [0.5, 0.6) is 0 Å². The molecule has 0 N–H and O–H groups in total. The number of ether oxygens (including phenoxy) is 1. The molecule has 4 atom stereocenters. The second kappa shape index (κ2) is 10.1. The van der Waals surface area contributed by atoms with Gasteiger partial charge in [-0.15, -0.1) is 0 Å². The minimum absolute atomic E-state index is 0.0637. The molecule has 3 fully saturated rings. The number of carbonyl (C=O) groups is 1. The van der Waals surface area contributed by atoms with E-state index in [0.29, 0.717) is 30.3 Å². The van der Waals surface area contributed by atoms with Gasteiger partial charge in [0.25, 0.3) is 0 Å². The lowest BCUT2D eigenvalue weighted by molar-refractivity contribution is -0.132. The van der Waals surface area contributed by atoms with Crippen LogP contribution in [0.15, 0.2) is 73.2 Å². The van der Waals surface area contributed by atoms with Gasteiger partial charge in [0, 0.05) is 60.5 Å². The number of aromatic nitrogens is 3. The van der Waals surface area contributed by atoms with Crippen molar-refractivity contribution in [1.29, 1.82) is 0 Å². The number of fused-ring (bicyclic) bond motifs is 3. The molecule has 38 heavy (non-hydrogen) atoms. The smallest absolute Gasteiger partial charge is 0.223 e. The molecule has 2 bridgehead atoms. The van der Waals surface area contributed by atoms with Gasteiger partial charge >= 0.3 is 0 Å². The van der Waals surface area contributed by atoms with E-state index in [1.165, 1.54) is 28.5 Å². The third-order valence-electron chi connectivity index (χ3n) is 9.01. The molecule has 0 radical (unpaired) electrons. The van der Waals surface area contributed by atoms with E-state index in [2.05, 4.69) is 75.5 Å². The van der Waals surface area contributed by atoms with Gasteiger partial charge in [-0.2, -0.15) is 5.10 Å². The molecule has 1 amide bonds. The highest BCUT2D eigenvalue weighted by Gasteiger charge is 2.48. The molecule has 196 valence electrons. The summed E-state index contributed by atoms with van der Waals surface area (Å²) < 4.78 is 10.3. The molecular formula is C32H36N4O2. The second-order valence-corrected chi connectivity index (χ2v) is 11.4. The molecule has 2 aromatic carbocycles. The van der Waals surface area contributed by atoms with E-state index in [1.807, 2.05) is 16.9 Å². The van der Waals surface area contributed by atoms with E-state index < -0.39 is 0 Å². The molecule has 4 aromatic rings. The number of aryl methyl sites for hydroxylation is 1. The fourth-order valence-electron chi connectivity index (χ4n) is 7.09. The van der Waals surface area contributed by atoms with Crippen molar-refractivity contribution < 1.29 is 9.53 Å². The molecule has 0 aliphatic carbocycles. The van der Waals surface area contributed by atoms with Crippen molar-refractivity contribution in [1.82, 2.24) is 19.2 Å². The van der Waals surface area contributed by atoms with Gasteiger partial charge in [0.2, 0.25) is 5.91 Å². The lowest BCUT2D eigenvalue weighted by Gasteiger charge is -2.25. The Bertz CT molecular complexity index is 1420. The topological polar surface area (TPSA) is 52.3 Å². The van der Waals surface area contributed by atoms with Gasteiger partial charge in [-0.25, -0.2) is 4.68 Å². The van der Waals surface area contributed by atoms with Gasteiger partial charge in [0.1, 0.15) is 6.23 Å². The van der Waals surface area contributed by atoms with Crippen LogP contribution in [0.3, 0.4) is 0 Å². The number of rotatable bonds is 7. The van der Waals surface area contributed by atoms with Crippen molar-refractivity contribution in [2.75, 3.05) is 6.61 Å². The molecule has 6 nitrogen and oxygen atoms in total. The summed E-state index contributed by atoms with van der Waals surface area (Å²) in [5, 5.41) is 5.85. The zero-order chi connectivity index (χ0) is 25.5. The fraction of sp³-hybridized carbons (Fsp3) is 0.438. The lowest BCUT2D eigenvalue weighted by atomic mass is 9.89. The molecule has 2 aromatic heterocycles. The summed E-state index contributed by atoms with van der Waals surface area (Å²) in [4.78, 5) is 15.5. The van der Waals surface area contributed by atoms with E-state index in [9.17, 15) is 4.79 Å². The Kier molecular flexibility index (Phi) is 6.28. The maximum absolute atomic E-state index is 13.2. The van der Waals surface area contributed by atoms with E-state index in [4.69, 9.17) is 4.74 Å². The highest BCUT2D eigenvalue weighted by atomic mass is 16.5. The molecule has 4 unspecified atom stereocenters. The maximum Gasteiger partial charge on any atom is 0.223 e. The number of amides is 1. The Labute approximate surface area is 224 Å². The van der Waals surface area contributed by atoms with Gasteiger partial charge in [-0.05, 0) is 80.2 Å². The molecular weight excluding hydrogens is 472 g/mol. The van der Waals surface area contributed by atoms with Gasteiger partial charge in [-0.1, -0.05) is 36.4 Å². The summed E-state index contributed by atoms with van der Waals surface area (Å²) in [5.74, 6) is 0.864. The van der Waals surface area contributed by atoms with E-state index in [0.717, 1.165) is 57.2 Å². The quantitative estimate of drug-likeness (QED) is 0.298. The Balaban J connectivity index is 1.03. The molecule has 3 saturated heterocycles. The zero-order valence-corrected chi connectivity index (χ0v) is 21.9. The van der Waals surface area contributed by atoms with Crippen LogP contribution in [-0.4, -0.2) is 43.8 Å². The van der Waals surface area contributed by atoms with Gasteiger partial charge in [0.05, 0.1) is 6.20 Å². The molecule has 7 rings (SSSR count). The second-order valence-electron chi connectivity index (χ2n) is 11.4. The van der Waals surface area contributed by atoms with Gasteiger partial charge in [0.15, 0.2) is 0 Å². The molecule has 6 heteroatoms. The Morgan fingerprint density at radius 1 is 1.00 bits per heavy atom. The average Bonchev–Trinajstić information content (AvgIpc) is 3.76. The number of nitrogens with zero attached hydrogens (tertiary/aromatic N) is 4. The highest BCUT2D eigenvalue weighted by molar-refractivity contribution is 5.85. The predicted molar refractivity (Wildman–Crippen MR) is 149 cm³/mol. The third-order valence-corrected chi connectivity index (χ3v) is 9.01. The first-order valence-corrected chi connectivity index (χ1v) is 14.3. The Hall–Kier alpha value is -3.38. The van der Waals surface area contributed by atoms with Crippen molar-refractivity contribution in [3.05, 3.63) is 78.8 Å². The van der Waals surface area contributed by atoms with Crippen molar-refractivity contribution >= 4 is 16.8 Å². The summed E-state index contributed by atoms with van der Waals surface area (Å²) >= 11 is 0. The summed E-state index contributed by atoms with van der Waals surface area (Å²) in [6.07, 6.45) is 14.6. The number of hydrogen-bond donors (Lipinski definition) is 0. The van der Waals surface area contributed by atoms with Crippen molar-refractivity contribution in [2.45, 2.75) is 76.2 Å². The van der Waals surface area contributed by atoms with E-state index in [-0.39, 0.29) is 6.23 Å². The van der Waals surface area contributed by atoms with Gasteiger partial charge < -0.3 is 14.2 Å². The normalized spacial score (nSPS) is 24.9. The third kappa shape index (κ3) is 4.45. The summed E-state index contributed by atoms with van der Waals surface area (Å²) in [5.41, 5.74) is 4.83. The summed E-state index contributed by atoms with van der Waals surface area (Å²) in [6, 6.07) is 20.1. The molecule has 3 aliphatic heterocycles. The number of carbonyl (C=O) groups excluding carboxylic acids is 1. The first-order chi connectivity index (χ1) is 18.7. The predicted octanol–water partition coefficient (Wildman–Crippen LogP) is 6.22. The van der Waals surface area contributed by atoms with Crippen LogP contribution in [0.25, 0.3) is 22.0 Å². The van der Waals surface area contributed by atoms with Crippen LogP contribution in [0.4, 0.5) is 0 Å². The van der Waals surface area contributed by atoms with Crippen LogP contribution in [-0.2, 0) is 22.5 Å². The SMILES string of the molecule is O=C(CCc1ccccc1)N1C2CCC1C(Cn1ccc3cc(-c4cnn(C5CCCCO5)c4)ccc31)C2. The molecule has 3 aliphatic rings. The van der Waals surface area contributed by atoms with Crippen LogP contribution < -0.4 is 0 Å². The fourth-order valence-corrected chi connectivity index (χ4v) is 7.09. The Morgan fingerprint density at radius 3 is 2.79 bits per heavy atom. The van der Waals surface area contributed by atoms with E-state index >= 15 is 0 Å². The summed E-state index contributed by atoms with van der Waals surface area (Å²) in [7, 11) is 0. The molecule has 5 heterocycles. The van der Waals surface area contributed by atoms with E-state index in [1.54, 1.807) is 0 Å². The maximum atomic E-state index is 13.2. The van der Waals surface area contributed by atoms with Gasteiger partial charge in [-0.3, -0.25) is 4.79 Å². The van der Waals surface area contributed by atoms with Crippen molar-refractivity contribution in [3.8, 4) is 11.1 Å². The molecule has 0 saturated carbocycles. The largest absolute Gasteiger partial charge is 0.357 e. The van der Waals surface area contributed by atoms with Crippen molar-refractivity contribution in [2.24, 2.45) is 5.92 Å². The summed E-state index contributed by atoms with van der Waals surface area (Å²) in [6.45, 7) is 1.80. The van der Waals surface area contributed by atoms with Crippen LogP contribution in [0, 0.1) is 5.92 Å².